The molecule has 0 aliphatic carbocycles. The zero-order chi connectivity index (χ0) is 13.1. The molecule has 1 N–H and O–H groups in total. The maximum absolute atomic E-state index is 5.15. The van der Waals surface area contributed by atoms with Gasteiger partial charge in [0.15, 0.2) is 0 Å². The molecule has 3 aromatic rings. The lowest BCUT2D eigenvalue weighted by Crippen LogP contribution is -1.95. The number of para-hydroxylation sites is 1. The summed E-state index contributed by atoms with van der Waals surface area (Å²) < 4.78 is 5.15. The summed E-state index contributed by atoms with van der Waals surface area (Å²) in [7, 11) is 1.72. The topological polar surface area (TPSA) is 37.9 Å². The van der Waals surface area contributed by atoms with E-state index in [4.69, 9.17) is 9.72 Å². The van der Waals surface area contributed by atoms with Crippen LogP contribution in [-0.4, -0.2) is 23.7 Å². The molecule has 0 atom stereocenters. The van der Waals surface area contributed by atoms with Gasteiger partial charge in [0.25, 0.3) is 0 Å². The Morgan fingerprint density at radius 2 is 1.89 bits per heavy atom. The summed E-state index contributed by atoms with van der Waals surface area (Å²) in [4.78, 5) is 8.10. The molecule has 0 radical (unpaired) electrons. The first-order valence-corrected chi connectivity index (χ1v) is 6.40. The number of rotatable bonds is 4. The molecule has 1 aromatic heterocycles. The maximum atomic E-state index is 5.15. The van der Waals surface area contributed by atoms with E-state index in [1.807, 2.05) is 18.2 Å². The first-order chi connectivity index (χ1) is 9.38. The predicted molar refractivity (Wildman–Crippen MR) is 77.1 cm³/mol. The van der Waals surface area contributed by atoms with Crippen LogP contribution in [0.2, 0.25) is 0 Å². The molecule has 19 heavy (non-hydrogen) atoms. The van der Waals surface area contributed by atoms with E-state index in [1.54, 1.807) is 7.11 Å². The van der Waals surface area contributed by atoms with Gasteiger partial charge in [-0.05, 0) is 18.1 Å². The molecule has 0 amide bonds. The zero-order valence-corrected chi connectivity index (χ0v) is 10.9. The zero-order valence-electron chi connectivity index (χ0n) is 10.9. The number of nitrogens with one attached hydrogen (secondary N) is 1. The van der Waals surface area contributed by atoms with Crippen LogP contribution < -0.4 is 0 Å². The average molecular weight is 252 g/mol. The molecule has 96 valence electrons. The number of nitrogens with zero attached hydrogens (tertiary/aromatic N) is 1. The fourth-order valence-electron chi connectivity index (χ4n) is 2.24. The van der Waals surface area contributed by atoms with Crippen LogP contribution in [0.5, 0.6) is 0 Å². The summed E-state index contributed by atoms with van der Waals surface area (Å²) in [6.07, 6.45) is 0.882. The highest BCUT2D eigenvalue weighted by molar-refractivity contribution is 5.82. The molecule has 3 rings (SSSR count). The van der Waals surface area contributed by atoms with E-state index in [0.717, 1.165) is 28.8 Å². The van der Waals surface area contributed by atoms with Crippen LogP contribution in [0.15, 0.2) is 48.5 Å². The quantitative estimate of drug-likeness (QED) is 0.772. The maximum Gasteiger partial charge on any atom is 0.138 e. The lowest BCUT2D eigenvalue weighted by Gasteiger charge is -2.00. The second-order valence-electron chi connectivity index (χ2n) is 4.51. The number of benzene rings is 2. The molecule has 0 unspecified atom stereocenters. The normalized spacial score (nSPS) is 11.0. The van der Waals surface area contributed by atoms with Gasteiger partial charge in [0.2, 0.25) is 0 Å². The van der Waals surface area contributed by atoms with E-state index in [-0.39, 0.29) is 0 Å². The second kappa shape index (κ2) is 5.24. The fourth-order valence-corrected chi connectivity index (χ4v) is 2.24. The molecule has 0 bridgehead atoms. The van der Waals surface area contributed by atoms with Crippen molar-refractivity contribution < 1.29 is 4.74 Å². The van der Waals surface area contributed by atoms with Crippen molar-refractivity contribution in [2.24, 2.45) is 0 Å². The molecule has 0 saturated heterocycles. The van der Waals surface area contributed by atoms with Crippen molar-refractivity contribution in [1.82, 2.24) is 9.97 Å². The van der Waals surface area contributed by atoms with E-state index >= 15 is 0 Å². The lowest BCUT2D eigenvalue weighted by molar-refractivity contribution is 0.202. The predicted octanol–water partition coefficient (Wildman–Crippen LogP) is 3.42. The van der Waals surface area contributed by atoms with E-state index in [9.17, 15) is 0 Å². The van der Waals surface area contributed by atoms with Gasteiger partial charge in [0.05, 0.1) is 17.6 Å². The number of hydrogen-bond acceptors (Lipinski definition) is 2. The highest BCUT2D eigenvalue weighted by Gasteiger charge is 2.08. The first-order valence-electron chi connectivity index (χ1n) is 6.40. The van der Waals surface area contributed by atoms with Gasteiger partial charge in [-0.25, -0.2) is 4.98 Å². The van der Waals surface area contributed by atoms with Crippen LogP contribution in [0.1, 0.15) is 5.56 Å². The minimum absolute atomic E-state index is 0.715. The van der Waals surface area contributed by atoms with Crippen molar-refractivity contribution in [2.75, 3.05) is 13.7 Å². The SMILES string of the molecule is COCCc1cccc2[nH]c(-c3ccccc3)nc12. The minimum atomic E-state index is 0.715. The number of hydrogen-bond donors (Lipinski definition) is 1. The van der Waals surface area contributed by atoms with Gasteiger partial charge in [0, 0.05) is 12.7 Å². The summed E-state index contributed by atoms with van der Waals surface area (Å²) in [6.45, 7) is 0.715. The van der Waals surface area contributed by atoms with Gasteiger partial charge >= 0.3 is 0 Å². The van der Waals surface area contributed by atoms with E-state index in [0.29, 0.717) is 6.61 Å². The molecular formula is C16H16N2O. The number of ether oxygens (including phenoxy) is 1. The molecule has 0 fully saturated rings. The Bertz CT molecular complexity index is 674. The van der Waals surface area contributed by atoms with Crippen molar-refractivity contribution in [2.45, 2.75) is 6.42 Å². The van der Waals surface area contributed by atoms with E-state index in [1.165, 1.54) is 5.56 Å². The molecular weight excluding hydrogens is 236 g/mol. The van der Waals surface area contributed by atoms with Crippen LogP contribution >= 0.6 is 0 Å². The summed E-state index contributed by atoms with van der Waals surface area (Å²) in [5.41, 5.74) is 4.44. The van der Waals surface area contributed by atoms with Crippen molar-refractivity contribution in [3.05, 3.63) is 54.1 Å². The molecule has 3 nitrogen and oxygen atoms in total. The number of methoxy groups -OCH3 is 1. The van der Waals surface area contributed by atoms with E-state index < -0.39 is 0 Å². The van der Waals surface area contributed by atoms with Crippen LogP contribution in [0.25, 0.3) is 22.4 Å². The Kier molecular flexibility index (Phi) is 3.29. The Hall–Kier alpha value is -2.13. The van der Waals surface area contributed by atoms with Gasteiger partial charge in [-0.1, -0.05) is 42.5 Å². The molecule has 3 heteroatoms. The Labute approximate surface area is 112 Å². The largest absolute Gasteiger partial charge is 0.384 e. The number of fused-ring (bicyclic) bond motifs is 1. The van der Waals surface area contributed by atoms with E-state index in [2.05, 4.69) is 35.3 Å². The molecule has 0 aliphatic heterocycles. The second-order valence-corrected chi connectivity index (χ2v) is 4.51. The van der Waals surface area contributed by atoms with Crippen LogP contribution in [0.3, 0.4) is 0 Å². The number of aromatic amines is 1. The smallest absolute Gasteiger partial charge is 0.138 e. The third-order valence-electron chi connectivity index (χ3n) is 3.22. The third kappa shape index (κ3) is 2.37. The van der Waals surface area contributed by atoms with Gasteiger partial charge in [0.1, 0.15) is 5.82 Å². The number of imidazole rings is 1. The Morgan fingerprint density at radius 1 is 1.05 bits per heavy atom. The number of H-pyrrole nitrogens is 1. The average Bonchev–Trinajstić information content (AvgIpc) is 2.90. The van der Waals surface area contributed by atoms with Gasteiger partial charge in [-0.15, -0.1) is 0 Å². The van der Waals surface area contributed by atoms with Crippen molar-refractivity contribution >= 4 is 11.0 Å². The molecule has 2 aromatic carbocycles. The standard InChI is InChI=1S/C16H16N2O/c1-19-11-10-12-8-5-9-14-15(12)18-16(17-14)13-6-3-2-4-7-13/h2-9H,10-11H2,1H3,(H,17,18). The molecule has 0 aliphatic rings. The fraction of sp³-hybridized carbons (Fsp3) is 0.188. The number of aromatic nitrogens is 2. The minimum Gasteiger partial charge on any atom is -0.384 e. The summed E-state index contributed by atoms with van der Waals surface area (Å²) in [5.74, 6) is 0.917. The third-order valence-corrected chi connectivity index (χ3v) is 3.22. The summed E-state index contributed by atoms with van der Waals surface area (Å²) in [5, 5.41) is 0. The first kappa shape index (κ1) is 11.9. The van der Waals surface area contributed by atoms with Gasteiger partial charge in [-0.3, -0.25) is 0 Å². The van der Waals surface area contributed by atoms with Crippen molar-refractivity contribution in [3.63, 3.8) is 0 Å². The highest BCUT2D eigenvalue weighted by Crippen LogP contribution is 2.22. The van der Waals surface area contributed by atoms with Crippen LogP contribution in [-0.2, 0) is 11.2 Å². The summed E-state index contributed by atoms with van der Waals surface area (Å²) >= 11 is 0. The van der Waals surface area contributed by atoms with Gasteiger partial charge in [-0.2, -0.15) is 0 Å². The molecule has 0 saturated carbocycles. The van der Waals surface area contributed by atoms with Crippen molar-refractivity contribution in [3.8, 4) is 11.4 Å². The molecule has 0 spiro atoms. The molecule has 1 heterocycles. The Morgan fingerprint density at radius 3 is 2.68 bits per heavy atom. The summed E-state index contributed by atoms with van der Waals surface area (Å²) in [6, 6.07) is 16.4. The van der Waals surface area contributed by atoms with Crippen LogP contribution in [0.4, 0.5) is 0 Å². The van der Waals surface area contributed by atoms with Crippen LogP contribution in [0, 0.1) is 0 Å². The Balaban J connectivity index is 2.05. The highest BCUT2D eigenvalue weighted by atomic mass is 16.5. The van der Waals surface area contributed by atoms with Crippen molar-refractivity contribution in [1.29, 1.82) is 0 Å². The monoisotopic (exact) mass is 252 g/mol. The lowest BCUT2D eigenvalue weighted by atomic mass is 10.1. The van der Waals surface area contributed by atoms with Gasteiger partial charge < -0.3 is 9.72 Å².